The number of rotatable bonds is 7. The van der Waals surface area contributed by atoms with E-state index in [2.05, 4.69) is 17.1 Å². The normalized spacial score (nSPS) is 28.2. The van der Waals surface area contributed by atoms with Crippen LogP contribution in [-0.2, 0) is 0 Å². The molecule has 2 aliphatic rings. The molecule has 1 fully saturated rings. The molecule has 0 aromatic heterocycles. The van der Waals surface area contributed by atoms with Crippen LogP contribution in [0, 0.1) is 0 Å². The van der Waals surface area contributed by atoms with Gasteiger partial charge in [0, 0.05) is 12.6 Å². The first-order valence-corrected chi connectivity index (χ1v) is 8.86. The number of aliphatic hydroxyl groups is 2. The Balaban J connectivity index is 1.60. The SMILES string of the molecule is CC1CCCCN1CCCNCC(O)C1=CCCC(O)C=C1. The van der Waals surface area contributed by atoms with Gasteiger partial charge in [-0.2, -0.15) is 0 Å². The van der Waals surface area contributed by atoms with Crippen LogP contribution < -0.4 is 5.32 Å². The van der Waals surface area contributed by atoms with Gasteiger partial charge in [-0.3, -0.25) is 0 Å². The Kier molecular flexibility index (Phi) is 7.60. The van der Waals surface area contributed by atoms with Gasteiger partial charge in [0.2, 0.25) is 0 Å². The van der Waals surface area contributed by atoms with E-state index in [1.54, 1.807) is 6.08 Å². The number of hydrogen-bond acceptors (Lipinski definition) is 4. The van der Waals surface area contributed by atoms with Crippen molar-refractivity contribution in [3.63, 3.8) is 0 Å². The number of allylic oxidation sites excluding steroid dienone is 1. The molecule has 1 aliphatic carbocycles. The van der Waals surface area contributed by atoms with Gasteiger partial charge in [-0.15, -0.1) is 0 Å². The van der Waals surface area contributed by atoms with Gasteiger partial charge in [0.1, 0.15) is 0 Å². The molecule has 0 spiro atoms. The van der Waals surface area contributed by atoms with E-state index < -0.39 is 6.10 Å². The smallest absolute Gasteiger partial charge is 0.0911 e. The predicted molar refractivity (Wildman–Crippen MR) is 90.8 cm³/mol. The van der Waals surface area contributed by atoms with Gasteiger partial charge in [0.05, 0.1) is 12.2 Å². The molecule has 126 valence electrons. The van der Waals surface area contributed by atoms with Crippen molar-refractivity contribution < 1.29 is 10.2 Å². The molecule has 0 aromatic carbocycles. The molecule has 3 unspecified atom stereocenters. The Hall–Kier alpha value is -0.680. The molecule has 1 saturated heterocycles. The topological polar surface area (TPSA) is 55.7 Å². The van der Waals surface area contributed by atoms with Crippen LogP contribution in [0.3, 0.4) is 0 Å². The van der Waals surface area contributed by atoms with Gasteiger partial charge in [-0.05, 0) is 64.2 Å². The largest absolute Gasteiger partial charge is 0.389 e. The number of likely N-dealkylation sites (tertiary alicyclic amines) is 1. The Morgan fingerprint density at radius 1 is 1.36 bits per heavy atom. The maximum atomic E-state index is 10.2. The molecular formula is C18H32N2O2. The van der Waals surface area contributed by atoms with Gasteiger partial charge < -0.3 is 20.4 Å². The highest BCUT2D eigenvalue weighted by Gasteiger charge is 2.17. The zero-order valence-corrected chi connectivity index (χ0v) is 13.9. The summed E-state index contributed by atoms with van der Waals surface area (Å²) in [5.41, 5.74) is 0.925. The van der Waals surface area contributed by atoms with Crippen LogP contribution in [0.2, 0.25) is 0 Å². The van der Waals surface area contributed by atoms with Crippen molar-refractivity contribution in [1.82, 2.24) is 10.2 Å². The summed E-state index contributed by atoms with van der Waals surface area (Å²) in [4.78, 5) is 2.58. The molecule has 3 atom stereocenters. The molecule has 1 heterocycles. The maximum absolute atomic E-state index is 10.2. The summed E-state index contributed by atoms with van der Waals surface area (Å²) in [7, 11) is 0. The minimum Gasteiger partial charge on any atom is -0.389 e. The van der Waals surface area contributed by atoms with Crippen molar-refractivity contribution in [3.8, 4) is 0 Å². The highest BCUT2D eigenvalue weighted by Crippen LogP contribution is 2.16. The number of nitrogens with one attached hydrogen (secondary N) is 1. The number of nitrogens with zero attached hydrogens (tertiary/aromatic N) is 1. The summed E-state index contributed by atoms with van der Waals surface area (Å²) in [6.07, 6.45) is 11.6. The van der Waals surface area contributed by atoms with Crippen molar-refractivity contribution in [2.45, 2.75) is 63.7 Å². The lowest BCUT2D eigenvalue weighted by Crippen LogP contribution is -2.39. The van der Waals surface area contributed by atoms with E-state index in [0.29, 0.717) is 6.54 Å². The molecule has 4 heteroatoms. The Bertz CT molecular complexity index is 381. The van der Waals surface area contributed by atoms with Gasteiger partial charge in [-0.25, -0.2) is 0 Å². The van der Waals surface area contributed by atoms with Crippen LogP contribution in [0.15, 0.2) is 23.8 Å². The second-order valence-corrected chi connectivity index (χ2v) is 6.66. The van der Waals surface area contributed by atoms with Crippen molar-refractivity contribution >= 4 is 0 Å². The minimum atomic E-state index is -0.476. The Morgan fingerprint density at radius 2 is 2.23 bits per heavy atom. The predicted octanol–water partition coefficient (Wildman–Crippen LogP) is 1.84. The van der Waals surface area contributed by atoms with Crippen LogP contribution >= 0.6 is 0 Å². The van der Waals surface area contributed by atoms with Crippen molar-refractivity contribution in [2.75, 3.05) is 26.2 Å². The van der Waals surface area contributed by atoms with Gasteiger partial charge >= 0.3 is 0 Å². The first kappa shape index (κ1) is 17.7. The highest BCUT2D eigenvalue weighted by atomic mass is 16.3. The van der Waals surface area contributed by atoms with Crippen LogP contribution in [0.1, 0.15) is 45.4 Å². The van der Waals surface area contributed by atoms with Crippen LogP contribution in [0.5, 0.6) is 0 Å². The zero-order valence-electron chi connectivity index (χ0n) is 13.9. The summed E-state index contributed by atoms with van der Waals surface area (Å²) in [5, 5.41) is 23.1. The number of aliphatic hydroxyl groups excluding tert-OH is 2. The van der Waals surface area contributed by atoms with E-state index in [9.17, 15) is 10.2 Å². The molecule has 22 heavy (non-hydrogen) atoms. The van der Waals surface area contributed by atoms with Crippen molar-refractivity contribution in [1.29, 1.82) is 0 Å². The Labute approximate surface area is 134 Å². The second-order valence-electron chi connectivity index (χ2n) is 6.66. The highest BCUT2D eigenvalue weighted by molar-refractivity contribution is 5.25. The molecule has 2 rings (SSSR count). The molecule has 0 aromatic rings. The van der Waals surface area contributed by atoms with E-state index in [1.807, 2.05) is 12.2 Å². The second kappa shape index (κ2) is 9.46. The molecule has 0 bridgehead atoms. The van der Waals surface area contributed by atoms with E-state index >= 15 is 0 Å². The third-order valence-electron chi connectivity index (χ3n) is 4.82. The lowest BCUT2D eigenvalue weighted by molar-refractivity contribution is 0.157. The van der Waals surface area contributed by atoms with Crippen molar-refractivity contribution in [2.24, 2.45) is 0 Å². The zero-order chi connectivity index (χ0) is 15.8. The van der Waals surface area contributed by atoms with E-state index in [-0.39, 0.29) is 6.10 Å². The van der Waals surface area contributed by atoms with E-state index in [1.165, 1.54) is 25.8 Å². The minimum absolute atomic E-state index is 0.375. The average molecular weight is 308 g/mol. The maximum Gasteiger partial charge on any atom is 0.0911 e. The lowest BCUT2D eigenvalue weighted by atomic mass is 10.0. The van der Waals surface area contributed by atoms with Crippen LogP contribution in [0.4, 0.5) is 0 Å². The van der Waals surface area contributed by atoms with E-state index in [0.717, 1.165) is 44.0 Å². The summed E-state index contributed by atoms with van der Waals surface area (Å²) in [6.45, 7) is 6.25. The summed E-state index contributed by atoms with van der Waals surface area (Å²) in [6, 6.07) is 0.729. The molecule has 4 nitrogen and oxygen atoms in total. The summed E-state index contributed by atoms with van der Waals surface area (Å²) >= 11 is 0. The molecule has 0 radical (unpaired) electrons. The average Bonchev–Trinajstić information content (AvgIpc) is 2.73. The third-order valence-corrected chi connectivity index (χ3v) is 4.82. The van der Waals surface area contributed by atoms with Gasteiger partial charge in [-0.1, -0.05) is 24.6 Å². The standard InChI is InChI=1S/C18H32N2O2/c1-15-6-2-3-12-20(15)13-5-11-19-14-18(22)16-7-4-8-17(21)10-9-16/h7,9-10,15,17-19,21-22H,2-6,8,11-14H2,1H3. The first-order valence-electron chi connectivity index (χ1n) is 8.86. The quantitative estimate of drug-likeness (QED) is 0.628. The fraction of sp³-hybridized carbons (Fsp3) is 0.778. The van der Waals surface area contributed by atoms with Crippen LogP contribution in [0.25, 0.3) is 0 Å². The van der Waals surface area contributed by atoms with Crippen LogP contribution in [-0.4, -0.2) is 59.5 Å². The van der Waals surface area contributed by atoms with Crippen molar-refractivity contribution in [3.05, 3.63) is 23.8 Å². The molecule has 0 saturated carbocycles. The fourth-order valence-electron chi connectivity index (χ4n) is 3.31. The number of hydrogen-bond donors (Lipinski definition) is 3. The summed E-state index contributed by atoms with van der Waals surface area (Å²) < 4.78 is 0. The molecular weight excluding hydrogens is 276 g/mol. The van der Waals surface area contributed by atoms with E-state index in [4.69, 9.17) is 0 Å². The molecule has 0 amide bonds. The summed E-state index contributed by atoms with van der Waals surface area (Å²) in [5.74, 6) is 0. The Morgan fingerprint density at radius 3 is 3.05 bits per heavy atom. The third kappa shape index (κ3) is 5.84. The lowest BCUT2D eigenvalue weighted by Gasteiger charge is -2.33. The number of piperidine rings is 1. The molecule has 1 aliphatic heterocycles. The fourth-order valence-corrected chi connectivity index (χ4v) is 3.31. The molecule has 3 N–H and O–H groups in total. The van der Waals surface area contributed by atoms with Gasteiger partial charge in [0.25, 0.3) is 0 Å². The monoisotopic (exact) mass is 308 g/mol. The first-order chi connectivity index (χ1) is 10.7. The van der Waals surface area contributed by atoms with Gasteiger partial charge in [0.15, 0.2) is 0 Å².